The van der Waals surface area contributed by atoms with Crippen LogP contribution < -0.4 is 5.32 Å². The lowest BCUT2D eigenvalue weighted by Gasteiger charge is -2.11. The maximum atomic E-state index is 4.90. The van der Waals surface area contributed by atoms with Crippen LogP contribution in [0.5, 0.6) is 0 Å². The molecule has 3 nitrogen and oxygen atoms in total. The third-order valence-corrected chi connectivity index (χ3v) is 4.76. The van der Waals surface area contributed by atoms with Gasteiger partial charge >= 0.3 is 0 Å². The van der Waals surface area contributed by atoms with Crippen molar-refractivity contribution in [2.75, 3.05) is 13.1 Å². The molecule has 1 aliphatic heterocycles. The van der Waals surface area contributed by atoms with Gasteiger partial charge in [0.25, 0.3) is 0 Å². The number of aromatic nitrogens is 2. The molecule has 1 saturated carbocycles. The van der Waals surface area contributed by atoms with Crippen molar-refractivity contribution in [3.8, 4) is 0 Å². The van der Waals surface area contributed by atoms with Crippen molar-refractivity contribution in [3.63, 3.8) is 0 Å². The van der Waals surface area contributed by atoms with Gasteiger partial charge in [0.05, 0.1) is 11.0 Å². The van der Waals surface area contributed by atoms with Crippen molar-refractivity contribution in [2.24, 2.45) is 5.92 Å². The molecule has 0 radical (unpaired) electrons. The van der Waals surface area contributed by atoms with Gasteiger partial charge in [0.2, 0.25) is 0 Å². The highest BCUT2D eigenvalue weighted by molar-refractivity contribution is 9.10. The lowest BCUT2D eigenvalue weighted by atomic mass is 10.0. The van der Waals surface area contributed by atoms with E-state index in [-0.39, 0.29) is 0 Å². The second-order valence-electron chi connectivity index (χ2n) is 5.83. The van der Waals surface area contributed by atoms with Crippen LogP contribution in [0.15, 0.2) is 22.7 Å². The quantitative estimate of drug-likeness (QED) is 0.940. The predicted molar refractivity (Wildman–Crippen MR) is 80.4 cm³/mol. The molecule has 4 heteroatoms. The second-order valence-corrected chi connectivity index (χ2v) is 6.74. The zero-order valence-corrected chi connectivity index (χ0v) is 12.5. The monoisotopic (exact) mass is 319 g/mol. The molecule has 0 bridgehead atoms. The first kappa shape index (κ1) is 11.9. The Kier molecular flexibility index (Phi) is 2.88. The SMILES string of the molecule is Brc1ccc2c(c1)nc(CC1CCNC1)n2C1CC1. The predicted octanol–water partition coefficient (Wildman–Crippen LogP) is 3.29. The molecule has 1 atom stereocenters. The Morgan fingerprint density at radius 1 is 1.32 bits per heavy atom. The van der Waals surface area contributed by atoms with Crippen molar-refractivity contribution in [3.05, 3.63) is 28.5 Å². The summed E-state index contributed by atoms with van der Waals surface area (Å²) in [6.07, 6.45) is 5.04. The van der Waals surface area contributed by atoms with Crippen molar-refractivity contribution >= 4 is 27.0 Å². The minimum absolute atomic E-state index is 0.704. The number of hydrogen-bond acceptors (Lipinski definition) is 2. The van der Waals surface area contributed by atoms with Crippen LogP contribution in [0.2, 0.25) is 0 Å². The standard InChI is InChI=1S/C15H18BrN3/c16-11-1-4-14-13(8-11)18-15(19(14)12-2-3-12)7-10-5-6-17-9-10/h1,4,8,10,12,17H,2-3,5-7,9H2. The minimum Gasteiger partial charge on any atom is -0.325 e. The number of nitrogens with zero attached hydrogens (tertiary/aromatic N) is 2. The highest BCUT2D eigenvalue weighted by Gasteiger charge is 2.29. The lowest BCUT2D eigenvalue weighted by molar-refractivity contribution is 0.540. The molecule has 1 aromatic carbocycles. The van der Waals surface area contributed by atoms with Gasteiger partial charge in [-0.15, -0.1) is 0 Å². The molecule has 0 spiro atoms. The van der Waals surface area contributed by atoms with Crippen LogP contribution in [-0.4, -0.2) is 22.6 Å². The Hall–Kier alpha value is -0.870. The summed E-state index contributed by atoms with van der Waals surface area (Å²) in [5, 5.41) is 3.46. The van der Waals surface area contributed by atoms with E-state index >= 15 is 0 Å². The molecule has 19 heavy (non-hydrogen) atoms. The van der Waals surface area contributed by atoms with Crippen molar-refractivity contribution in [1.29, 1.82) is 0 Å². The zero-order valence-electron chi connectivity index (χ0n) is 10.9. The summed E-state index contributed by atoms with van der Waals surface area (Å²) in [4.78, 5) is 4.90. The molecule has 100 valence electrons. The molecule has 2 aromatic rings. The first-order valence-electron chi connectivity index (χ1n) is 7.18. The van der Waals surface area contributed by atoms with Crippen molar-refractivity contribution in [1.82, 2.24) is 14.9 Å². The van der Waals surface area contributed by atoms with Crippen LogP contribution in [0.1, 0.15) is 31.1 Å². The number of benzene rings is 1. The maximum absolute atomic E-state index is 4.90. The third kappa shape index (κ3) is 2.21. The summed E-state index contributed by atoms with van der Waals surface area (Å²) in [5.41, 5.74) is 2.45. The van der Waals surface area contributed by atoms with E-state index in [1.165, 1.54) is 37.1 Å². The van der Waals surface area contributed by atoms with Crippen LogP contribution in [0, 0.1) is 5.92 Å². The van der Waals surface area contributed by atoms with Gasteiger partial charge in [-0.2, -0.15) is 0 Å². The van der Waals surface area contributed by atoms with E-state index < -0.39 is 0 Å². The molecule has 1 N–H and O–H groups in total. The number of halogens is 1. The third-order valence-electron chi connectivity index (χ3n) is 4.27. The number of imidazole rings is 1. The maximum Gasteiger partial charge on any atom is 0.110 e. The smallest absolute Gasteiger partial charge is 0.110 e. The van der Waals surface area contributed by atoms with Gasteiger partial charge in [-0.3, -0.25) is 0 Å². The summed E-state index contributed by atoms with van der Waals surface area (Å²) < 4.78 is 3.62. The molecular weight excluding hydrogens is 302 g/mol. The number of fused-ring (bicyclic) bond motifs is 1. The van der Waals surface area contributed by atoms with E-state index in [0.29, 0.717) is 6.04 Å². The summed E-state index contributed by atoms with van der Waals surface area (Å²) in [7, 11) is 0. The van der Waals surface area contributed by atoms with E-state index in [4.69, 9.17) is 4.98 Å². The molecule has 1 saturated heterocycles. The Morgan fingerprint density at radius 2 is 2.21 bits per heavy atom. The van der Waals surface area contributed by atoms with Crippen LogP contribution in [0.3, 0.4) is 0 Å². The largest absolute Gasteiger partial charge is 0.325 e. The van der Waals surface area contributed by atoms with E-state index in [1.807, 2.05) is 0 Å². The molecule has 1 unspecified atom stereocenters. The highest BCUT2D eigenvalue weighted by atomic mass is 79.9. The molecule has 2 aliphatic rings. The Labute approximate surface area is 121 Å². The highest BCUT2D eigenvalue weighted by Crippen LogP contribution is 2.39. The average molecular weight is 320 g/mol. The minimum atomic E-state index is 0.704. The molecule has 1 aliphatic carbocycles. The average Bonchev–Trinajstić information content (AvgIpc) is 2.97. The van der Waals surface area contributed by atoms with Crippen LogP contribution in [0.4, 0.5) is 0 Å². The van der Waals surface area contributed by atoms with Crippen molar-refractivity contribution in [2.45, 2.75) is 31.7 Å². The fourth-order valence-corrected chi connectivity index (χ4v) is 3.50. The molecular formula is C15H18BrN3. The van der Waals surface area contributed by atoms with Gasteiger partial charge in [-0.05, 0) is 56.5 Å². The molecule has 2 heterocycles. The van der Waals surface area contributed by atoms with E-state index in [2.05, 4.69) is 44.0 Å². The Balaban J connectivity index is 1.77. The number of rotatable bonds is 3. The first-order valence-corrected chi connectivity index (χ1v) is 7.97. The summed E-state index contributed by atoms with van der Waals surface area (Å²) >= 11 is 3.55. The van der Waals surface area contributed by atoms with Gasteiger partial charge in [0.1, 0.15) is 5.82 Å². The van der Waals surface area contributed by atoms with E-state index in [1.54, 1.807) is 0 Å². The van der Waals surface area contributed by atoms with Crippen LogP contribution in [0.25, 0.3) is 11.0 Å². The molecule has 1 aromatic heterocycles. The van der Waals surface area contributed by atoms with Crippen LogP contribution >= 0.6 is 15.9 Å². The summed E-state index contributed by atoms with van der Waals surface area (Å²) in [6, 6.07) is 7.19. The van der Waals surface area contributed by atoms with Crippen LogP contribution in [-0.2, 0) is 6.42 Å². The van der Waals surface area contributed by atoms with E-state index in [9.17, 15) is 0 Å². The molecule has 2 fully saturated rings. The molecule has 4 rings (SSSR count). The second kappa shape index (κ2) is 4.60. The number of hydrogen-bond donors (Lipinski definition) is 1. The van der Waals surface area contributed by atoms with Gasteiger partial charge in [0, 0.05) is 16.9 Å². The summed E-state index contributed by atoms with van der Waals surface area (Å²) in [6.45, 7) is 2.32. The topological polar surface area (TPSA) is 29.9 Å². The van der Waals surface area contributed by atoms with Gasteiger partial charge in [0.15, 0.2) is 0 Å². The first-order chi connectivity index (χ1) is 9.31. The molecule has 0 amide bonds. The van der Waals surface area contributed by atoms with Gasteiger partial charge < -0.3 is 9.88 Å². The van der Waals surface area contributed by atoms with E-state index in [0.717, 1.165) is 28.9 Å². The Morgan fingerprint density at radius 3 is 2.95 bits per heavy atom. The normalized spacial score (nSPS) is 23.3. The Bertz CT molecular complexity index is 609. The summed E-state index contributed by atoms with van der Waals surface area (Å²) in [5.74, 6) is 2.06. The fraction of sp³-hybridized carbons (Fsp3) is 0.533. The van der Waals surface area contributed by atoms with Gasteiger partial charge in [-0.1, -0.05) is 15.9 Å². The lowest BCUT2D eigenvalue weighted by Crippen LogP contribution is -2.13. The number of nitrogens with one attached hydrogen (secondary N) is 1. The van der Waals surface area contributed by atoms with Gasteiger partial charge in [-0.25, -0.2) is 4.98 Å². The fourth-order valence-electron chi connectivity index (χ4n) is 3.15. The van der Waals surface area contributed by atoms with Crippen molar-refractivity contribution < 1.29 is 0 Å². The zero-order chi connectivity index (χ0) is 12.8.